The van der Waals surface area contributed by atoms with Gasteiger partial charge in [0.05, 0.1) is 22.1 Å². The quantitative estimate of drug-likeness (QED) is 0.142. The Morgan fingerprint density at radius 1 is 0.222 bits per heavy atom. The zero-order valence-corrected chi connectivity index (χ0v) is 53.4. The fraction of sp³-hybridized carbons (Fsp3) is 0.198. The molecular formula is C81H73N9. The van der Waals surface area contributed by atoms with Crippen molar-refractivity contribution >= 4 is 43.6 Å². The predicted octanol–water partition coefficient (Wildman–Crippen LogP) is 20.5. The summed E-state index contributed by atoms with van der Waals surface area (Å²) in [6.45, 7) is 27.5. The van der Waals surface area contributed by atoms with E-state index in [0.29, 0.717) is 34.9 Å². The molecule has 0 saturated heterocycles. The number of nitrogens with zero attached hydrogens (tertiary/aromatic N) is 9. The highest BCUT2D eigenvalue weighted by Crippen LogP contribution is 2.43. The van der Waals surface area contributed by atoms with E-state index in [-0.39, 0.29) is 21.7 Å². The van der Waals surface area contributed by atoms with E-state index < -0.39 is 0 Å². The van der Waals surface area contributed by atoms with E-state index in [4.69, 9.17) is 34.9 Å². The van der Waals surface area contributed by atoms with Crippen LogP contribution in [0.15, 0.2) is 224 Å². The van der Waals surface area contributed by atoms with Gasteiger partial charge in [0, 0.05) is 54.9 Å². The van der Waals surface area contributed by atoms with Crippen LogP contribution in [0.25, 0.3) is 135 Å². The molecule has 0 radical (unpaired) electrons. The standard InChI is InChI=1S/C81H73N9/c1-78(2,3)56-34-39-66-61(46-56)62-47-57(79(4,5)6)35-40-67(62)89(66)70-44-55(45-71(82-70)90-68-41-36-58(80(7,8)9)48-63(68)64-49-59(81(10,11)12)37-42-69(64)90)54-33-38-60(76-85-72(50-25-17-13-18-26-50)83-73(86-76)51-27-19-14-20-28-51)65(43-54)77-87-74(52-29-21-15-22-30-52)84-75(88-77)53-31-23-16-24-32-53/h13-49H,1-12H3. The third-order valence-electron chi connectivity index (χ3n) is 17.5. The van der Waals surface area contributed by atoms with Gasteiger partial charge in [-0.05, 0) is 128 Å². The van der Waals surface area contributed by atoms with Crippen LogP contribution in [0.4, 0.5) is 0 Å². The summed E-state index contributed by atoms with van der Waals surface area (Å²) in [5, 5.41) is 4.74. The minimum absolute atomic E-state index is 0.0779. The molecule has 0 unspecified atom stereocenters. The van der Waals surface area contributed by atoms with Gasteiger partial charge in [0.2, 0.25) is 0 Å². The first-order valence-corrected chi connectivity index (χ1v) is 31.2. The molecule has 0 atom stereocenters. The van der Waals surface area contributed by atoms with Crippen LogP contribution < -0.4 is 0 Å². The van der Waals surface area contributed by atoms with Crippen LogP contribution in [0.3, 0.4) is 0 Å². The van der Waals surface area contributed by atoms with Crippen LogP contribution in [-0.4, -0.2) is 44.0 Å². The van der Waals surface area contributed by atoms with Crippen LogP contribution in [0, 0.1) is 0 Å². The van der Waals surface area contributed by atoms with Crippen molar-refractivity contribution in [1.82, 2.24) is 44.0 Å². The molecule has 9 nitrogen and oxygen atoms in total. The van der Waals surface area contributed by atoms with E-state index in [0.717, 1.165) is 78.2 Å². The zero-order chi connectivity index (χ0) is 62.4. The maximum atomic E-state index is 5.91. The Morgan fingerprint density at radius 2 is 0.500 bits per heavy atom. The average molecular weight is 1170 g/mol. The molecule has 5 heterocycles. The second-order valence-corrected chi connectivity index (χ2v) is 28.0. The summed E-state index contributed by atoms with van der Waals surface area (Å²) in [6.07, 6.45) is 0. The van der Waals surface area contributed by atoms with Crippen molar-refractivity contribution < 1.29 is 0 Å². The molecule has 0 fully saturated rings. The lowest BCUT2D eigenvalue weighted by atomic mass is 9.85. The molecule has 9 heteroatoms. The van der Waals surface area contributed by atoms with Crippen molar-refractivity contribution in [2.45, 2.75) is 105 Å². The van der Waals surface area contributed by atoms with Gasteiger partial charge in [0.1, 0.15) is 11.6 Å². The zero-order valence-electron chi connectivity index (χ0n) is 53.4. The van der Waals surface area contributed by atoms with Gasteiger partial charge in [-0.25, -0.2) is 34.9 Å². The highest BCUT2D eigenvalue weighted by atomic mass is 15.1. The highest BCUT2D eigenvalue weighted by molar-refractivity contribution is 6.11. The van der Waals surface area contributed by atoms with E-state index in [2.05, 4.69) is 195 Å². The first-order valence-electron chi connectivity index (χ1n) is 31.2. The van der Waals surface area contributed by atoms with Gasteiger partial charge in [0.25, 0.3) is 0 Å². The van der Waals surface area contributed by atoms with Crippen molar-refractivity contribution in [2.24, 2.45) is 0 Å². The Balaban J connectivity index is 1.09. The molecule has 14 aromatic rings. The molecule has 0 N–H and O–H groups in total. The number of pyridine rings is 1. The smallest absolute Gasteiger partial charge is 0.164 e. The molecule has 0 amide bonds. The topological polar surface area (TPSA) is 100 Å². The Labute approximate surface area is 527 Å². The van der Waals surface area contributed by atoms with Crippen LogP contribution >= 0.6 is 0 Å². The highest BCUT2D eigenvalue weighted by Gasteiger charge is 2.27. The summed E-state index contributed by atoms with van der Waals surface area (Å²) in [7, 11) is 0. The van der Waals surface area contributed by atoms with E-state index in [1.807, 2.05) is 121 Å². The molecule has 0 aliphatic rings. The molecule has 442 valence electrons. The summed E-state index contributed by atoms with van der Waals surface area (Å²) in [6, 6.07) is 79.4. The molecule has 90 heavy (non-hydrogen) atoms. The van der Waals surface area contributed by atoms with E-state index in [9.17, 15) is 0 Å². The van der Waals surface area contributed by atoms with E-state index in [1.54, 1.807) is 0 Å². The summed E-state index contributed by atoms with van der Waals surface area (Å²) in [5.41, 5.74) is 15.9. The number of benzene rings is 9. The first-order chi connectivity index (χ1) is 43.1. The van der Waals surface area contributed by atoms with Gasteiger partial charge in [-0.2, -0.15) is 0 Å². The Hall–Kier alpha value is -10.3. The number of hydrogen-bond donors (Lipinski definition) is 0. The van der Waals surface area contributed by atoms with Crippen LogP contribution in [0.1, 0.15) is 105 Å². The molecule has 9 aromatic carbocycles. The summed E-state index contributed by atoms with van der Waals surface area (Å²) < 4.78 is 4.75. The van der Waals surface area contributed by atoms with Crippen molar-refractivity contribution in [3.05, 3.63) is 247 Å². The number of aromatic nitrogens is 9. The number of rotatable bonds is 9. The Bertz CT molecular complexity index is 4650. The molecule has 0 aliphatic heterocycles. The van der Waals surface area contributed by atoms with Gasteiger partial charge in [-0.1, -0.05) is 235 Å². The van der Waals surface area contributed by atoms with Gasteiger partial charge in [0.15, 0.2) is 34.9 Å². The van der Waals surface area contributed by atoms with Crippen LogP contribution in [0.2, 0.25) is 0 Å². The monoisotopic (exact) mass is 1170 g/mol. The molecule has 14 rings (SSSR count). The molecule has 0 spiro atoms. The molecule has 0 aliphatic carbocycles. The molecule has 0 bridgehead atoms. The first kappa shape index (κ1) is 57.5. The number of hydrogen-bond acceptors (Lipinski definition) is 7. The van der Waals surface area contributed by atoms with Gasteiger partial charge in [-0.3, -0.25) is 9.13 Å². The van der Waals surface area contributed by atoms with Crippen LogP contribution in [-0.2, 0) is 21.7 Å². The maximum absolute atomic E-state index is 5.91. The molecule has 0 saturated carbocycles. The minimum Gasteiger partial charge on any atom is -0.294 e. The van der Waals surface area contributed by atoms with Gasteiger partial charge in [-0.15, -0.1) is 0 Å². The lowest BCUT2D eigenvalue weighted by Crippen LogP contribution is -2.10. The molecule has 5 aromatic heterocycles. The fourth-order valence-corrected chi connectivity index (χ4v) is 12.3. The maximum Gasteiger partial charge on any atom is 0.164 e. The predicted molar refractivity (Wildman–Crippen MR) is 373 cm³/mol. The van der Waals surface area contributed by atoms with Crippen molar-refractivity contribution in [2.75, 3.05) is 0 Å². The second-order valence-electron chi connectivity index (χ2n) is 28.0. The third kappa shape index (κ3) is 10.7. The summed E-state index contributed by atoms with van der Waals surface area (Å²) in [4.78, 5) is 37.7. The van der Waals surface area contributed by atoms with Gasteiger partial charge >= 0.3 is 0 Å². The fourth-order valence-electron chi connectivity index (χ4n) is 12.3. The second kappa shape index (κ2) is 21.8. The minimum atomic E-state index is -0.0779. The number of fused-ring (bicyclic) bond motifs is 6. The van der Waals surface area contributed by atoms with Gasteiger partial charge < -0.3 is 0 Å². The SMILES string of the molecule is CC(C)(C)c1ccc2c(c1)c1cc(C(C)(C)C)ccc1n2-c1cc(-c2ccc(-c3nc(-c4ccccc4)nc(-c4ccccc4)n3)c(-c3nc(-c4ccccc4)nc(-c4ccccc4)n3)c2)cc(-n2c3ccc(C(C)(C)C)cc3c3cc(C(C)(C)C)ccc32)n1. The largest absolute Gasteiger partial charge is 0.294 e. The van der Waals surface area contributed by atoms with Crippen molar-refractivity contribution in [3.63, 3.8) is 0 Å². The average Bonchev–Trinajstić information content (AvgIpc) is 1.57. The Kier molecular flexibility index (Phi) is 13.9. The molecular weight excluding hydrogens is 1100 g/mol. The third-order valence-corrected chi connectivity index (χ3v) is 17.5. The summed E-state index contributed by atoms with van der Waals surface area (Å²) in [5.74, 6) is 4.69. The van der Waals surface area contributed by atoms with Crippen molar-refractivity contribution in [1.29, 1.82) is 0 Å². The lowest BCUT2D eigenvalue weighted by molar-refractivity contribution is 0.590. The van der Waals surface area contributed by atoms with Crippen molar-refractivity contribution in [3.8, 4) is 91.1 Å². The van der Waals surface area contributed by atoms with E-state index in [1.165, 1.54) is 43.8 Å². The summed E-state index contributed by atoms with van der Waals surface area (Å²) >= 11 is 0. The van der Waals surface area contributed by atoms with Crippen LogP contribution in [0.5, 0.6) is 0 Å². The van der Waals surface area contributed by atoms with E-state index >= 15 is 0 Å². The Morgan fingerprint density at radius 3 is 0.789 bits per heavy atom. The normalized spacial score (nSPS) is 12.4. The lowest BCUT2D eigenvalue weighted by Gasteiger charge is -2.20.